The summed E-state index contributed by atoms with van der Waals surface area (Å²) in [6.07, 6.45) is 1.57. The molecular formula is C13H12BrN3O3S. The normalized spacial score (nSPS) is 11.7. The summed E-state index contributed by atoms with van der Waals surface area (Å²) >= 11 is 4.51. The first kappa shape index (κ1) is 15.5. The van der Waals surface area contributed by atoms with Crippen LogP contribution in [-0.4, -0.2) is 28.6 Å². The van der Waals surface area contributed by atoms with Crippen LogP contribution in [0.1, 0.15) is 11.5 Å². The van der Waals surface area contributed by atoms with E-state index in [1.807, 2.05) is 6.07 Å². The van der Waals surface area contributed by atoms with E-state index in [0.717, 1.165) is 3.79 Å². The summed E-state index contributed by atoms with van der Waals surface area (Å²) in [5.41, 5.74) is 0.641. The van der Waals surface area contributed by atoms with Gasteiger partial charge in [-0.15, -0.1) is 0 Å². The van der Waals surface area contributed by atoms with Crippen LogP contribution in [0.2, 0.25) is 0 Å². The summed E-state index contributed by atoms with van der Waals surface area (Å²) in [5, 5.41) is 14.8. The Kier molecular flexibility index (Phi) is 5.29. The van der Waals surface area contributed by atoms with Crippen LogP contribution in [-0.2, 0) is 4.79 Å². The number of urea groups is 1. The van der Waals surface area contributed by atoms with Gasteiger partial charge in [0.1, 0.15) is 0 Å². The summed E-state index contributed by atoms with van der Waals surface area (Å²) in [4.78, 5) is 27.0. The van der Waals surface area contributed by atoms with E-state index in [0.29, 0.717) is 10.7 Å². The highest BCUT2D eigenvalue weighted by atomic mass is 79.9. The van der Waals surface area contributed by atoms with Gasteiger partial charge < -0.3 is 10.4 Å². The molecule has 0 spiro atoms. The molecule has 0 aliphatic rings. The molecule has 0 saturated heterocycles. The van der Waals surface area contributed by atoms with Crippen LogP contribution in [0.15, 0.2) is 40.3 Å². The second-order valence-electron chi connectivity index (χ2n) is 4.11. The monoisotopic (exact) mass is 369 g/mol. The minimum absolute atomic E-state index is 0.00226. The van der Waals surface area contributed by atoms with Crippen molar-refractivity contribution >= 4 is 44.4 Å². The van der Waals surface area contributed by atoms with Crippen LogP contribution in [0, 0.1) is 0 Å². The van der Waals surface area contributed by atoms with Crippen molar-refractivity contribution in [1.29, 1.82) is 0 Å². The van der Waals surface area contributed by atoms with Crippen molar-refractivity contribution in [3.8, 4) is 0 Å². The number of hydrogen-bond acceptors (Lipinski definition) is 4. The molecule has 1 heterocycles. The van der Waals surface area contributed by atoms with Gasteiger partial charge in [-0.2, -0.15) is 0 Å². The summed E-state index contributed by atoms with van der Waals surface area (Å²) in [6, 6.07) is 8.28. The number of aliphatic carboxylic acids is 1. The molecule has 2 amide bonds. The number of carboxylic acids is 1. The Morgan fingerprint density at radius 3 is 2.62 bits per heavy atom. The molecule has 1 unspecified atom stereocenters. The molecule has 110 valence electrons. The largest absolute Gasteiger partial charge is 0.481 e. The van der Waals surface area contributed by atoms with Gasteiger partial charge in [-0.05, 0) is 21.5 Å². The smallest absolute Gasteiger partial charge is 0.321 e. The Morgan fingerprint density at radius 2 is 2.05 bits per heavy atom. The number of carbonyl (C=O) groups excluding carboxylic acids is 1. The van der Waals surface area contributed by atoms with Crippen molar-refractivity contribution < 1.29 is 14.7 Å². The number of anilines is 1. The predicted octanol–water partition coefficient (Wildman–Crippen LogP) is 2.90. The van der Waals surface area contributed by atoms with Gasteiger partial charge in [-0.1, -0.05) is 41.7 Å². The molecule has 0 aliphatic heterocycles. The molecule has 8 heteroatoms. The molecular weight excluding hydrogens is 358 g/mol. The molecule has 2 rings (SSSR count). The maximum Gasteiger partial charge on any atom is 0.321 e. The third-order valence-corrected chi connectivity index (χ3v) is 4.06. The first-order chi connectivity index (χ1) is 10.1. The molecule has 21 heavy (non-hydrogen) atoms. The summed E-state index contributed by atoms with van der Waals surface area (Å²) < 4.78 is 0.797. The Labute approximate surface area is 133 Å². The minimum Gasteiger partial charge on any atom is -0.481 e. The van der Waals surface area contributed by atoms with Crippen LogP contribution in [0.4, 0.5) is 9.93 Å². The molecule has 0 saturated carbocycles. The molecule has 2 aromatic rings. The first-order valence-electron chi connectivity index (χ1n) is 6.00. The third kappa shape index (κ3) is 4.54. The van der Waals surface area contributed by atoms with Gasteiger partial charge in [-0.3, -0.25) is 10.1 Å². The Morgan fingerprint density at radius 1 is 1.33 bits per heavy atom. The number of rotatable bonds is 5. The molecule has 0 bridgehead atoms. The van der Waals surface area contributed by atoms with Crippen molar-refractivity contribution in [3.05, 3.63) is 45.9 Å². The topological polar surface area (TPSA) is 91.3 Å². The van der Waals surface area contributed by atoms with E-state index >= 15 is 0 Å². The summed E-state index contributed by atoms with van der Waals surface area (Å²) in [6.45, 7) is -0.00226. The van der Waals surface area contributed by atoms with Gasteiger partial charge in [0.15, 0.2) is 5.13 Å². The number of carboxylic acid groups (broad SMARTS) is 1. The number of nitrogens with zero attached hydrogens (tertiary/aromatic N) is 1. The number of hydrogen-bond donors (Lipinski definition) is 3. The van der Waals surface area contributed by atoms with Gasteiger partial charge in [0.25, 0.3) is 0 Å². The molecule has 1 aromatic heterocycles. The van der Waals surface area contributed by atoms with E-state index in [9.17, 15) is 14.7 Å². The van der Waals surface area contributed by atoms with Gasteiger partial charge >= 0.3 is 12.0 Å². The lowest BCUT2D eigenvalue weighted by molar-refractivity contribution is -0.138. The fraction of sp³-hybridized carbons (Fsp3) is 0.154. The third-order valence-electron chi connectivity index (χ3n) is 2.66. The van der Waals surface area contributed by atoms with Crippen molar-refractivity contribution in [1.82, 2.24) is 10.3 Å². The van der Waals surface area contributed by atoms with E-state index in [1.165, 1.54) is 11.3 Å². The first-order valence-corrected chi connectivity index (χ1v) is 7.61. The average molecular weight is 370 g/mol. The van der Waals surface area contributed by atoms with Crippen LogP contribution >= 0.6 is 27.3 Å². The summed E-state index contributed by atoms with van der Waals surface area (Å²) in [5.74, 6) is -1.78. The van der Waals surface area contributed by atoms with Crippen molar-refractivity contribution in [2.45, 2.75) is 5.92 Å². The molecule has 1 atom stereocenters. The minimum atomic E-state index is -0.988. The zero-order valence-electron chi connectivity index (χ0n) is 10.7. The molecule has 1 aromatic carbocycles. The molecule has 0 fully saturated rings. The van der Waals surface area contributed by atoms with Gasteiger partial charge in [0.05, 0.1) is 15.9 Å². The van der Waals surface area contributed by atoms with E-state index in [-0.39, 0.29) is 6.54 Å². The quantitative estimate of drug-likeness (QED) is 0.755. The molecule has 3 N–H and O–H groups in total. The Hall–Kier alpha value is -1.93. The van der Waals surface area contributed by atoms with Gasteiger partial charge in [-0.25, -0.2) is 9.78 Å². The van der Waals surface area contributed by atoms with Crippen LogP contribution in [0.3, 0.4) is 0 Å². The molecule has 0 aliphatic carbocycles. The van der Waals surface area contributed by atoms with Gasteiger partial charge in [0.2, 0.25) is 0 Å². The SMILES string of the molecule is O=C(NCC(C(=O)O)c1ccccc1)Nc1ncc(Br)s1. The van der Waals surface area contributed by atoms with Crippen molar-refractivity contribution in [2.75, 3.05) is 11.9 Å². The maximum atomic E-state index is 11.7. The van der Waals surface area contributed by atoms with Crippen molar-refractivity contribution in [2.24, 2.45) is 0 Å². The molecule has 6 nitrogen and oxygen atoms in total. The Bertz CT molecular complexity index is 633. The highest BCUT2D eigenvalue weighted by molar-refractivity contribution is 9.11. The van der Waals surface area contributed by atoms with Gasteiger partial charge in [0, 0.05) is 6.54 Å². The zero-order chi connectivity index (χ0) is 15.2. The van der Waals surface area contributed by atoms with E-state index < -0.39 is 17.9 Å². The fourth-order valence-electron chi connectivity index (χ4n) is 1.68. The number of benzene rings is 1. The van der Waals surface area contributed by atoms with E-state index in [2.05, 4.69) is 31.5 Å². The maximum absolute atomic E-state index is 11.7. The van der Waals surface area contributed by atoms with E-state index in [4.69, 9.17) is 0 Å². The fourth-order valence-corrected chi connectivity index (χ4v) is 2.78. The standard InChI is InChI=1S/C13H12BrN3O3S/c14-10-7-16-13(21-10)17-12(20)15-6-9(11(18)19)8-4-2-1-3-5-8/h1-5,7,9H,6H2,(H,18,19)(H2,15,16,17,20). The number of thiazole rings is 1. The number of carbonyl (C=O) groups is 2. The number of aromatic nitrogens is 1. The van der Waals surface area contributed by atoms with Crippen LogP contribution in [0.25, 0.3) is 0 Å². The lowest BCUT2D eigenvalue weighted by Gasteiger charge is -2.13. The number of amides is 2. The second-order valence-corrected chi connectivity index (χ2v) is 6.52. The second kappa shape index (κ2) is 7.19. The zero-order valence-corrected chi connectivity index (χ0v) is 13.1. The predicted molar refractivity (Wildman–Crippen MR) is 83.7 cm³/mol. The lowest BCUT2D eigenvalue weighted by atomic mass is 9.99. The average Bonchev–Trinajstić information content (AvgIpc) is 2.85. The van der Waals surface area contributed by atoms with E-state index in [1.54, 1.807) is 30.5 Å². The van der Waals surface area contributed by atoms with Crippen LogP contribution < -0.4 is 10.6 Å². The molecule has 0 radical (unpaired) electrons. The van der Waals surface area contributed by atoms with Crippen molar-refractivity contribution in [3.63, 3.8) is 0 Å². The van der Waals surface area contributed by atoms with Crippen LogP contribution in [0.5, 0.6) is 0 Å². The lowest BCUT2D eigenvalue weighted by Crippen LogP contribution is -2.34. The number of nitrogens with one attached hydrogen (secondary N) is 2. The highest BCUT2D eigenvalue weighted by Gasteiger charge is 2.20. The Balaban J connectivity index is 1.93. The summed E-state index contributed by atoms with van der Waals surface area (Å²) in [7, 11) is 0. The number of halogens is 1. The highest BCUT2D eigenvalue weighted by Crippen LogP contribution is 2.23.